The van der Waals surface area contributed by atoms with Crippen molar-refractivity contribution < 1.29 is 0 Å². The molecule has 0 aliphatic carbocycles. The highest BCUT2D eigenvalue weighted by Gasteiger charge is 2.09. The van der Waals surface area contributed by atoms with Crippen LogP contribution in [0.1, 0.15) is 17.7 Å². The summed E-state index contributed by atoms with van der Waals surface area (Å²) in [5.74, 6) is 0. The Balaban J connectivity index is 1.72. The average Bonchev–Trinajstić information content (AvgIpc) is 2.92. The molecular weight excluding hydrogens is 250 g/mol. The summed E-state index contributed by atoms with van der Waals surface area (Å²) in [4.78, 5) is 0. The largest absolute Gasteiger partial charge is 0.312 e. The second-order valence-electron chi connectivity index (χ2n) is 4.28. The maximum atomic E-state index is 6.15. The van der Waals surface area contributed by atoms with E-state index in [1.54, 1.807) is 10.9 Å². The normalized spacial score (nSPS) is 11.1. The molecule has 0 atom stereocenters. The monoisotopic (exact) mass is 267 g/mol. The Kier molecular flexibility index (Phi) is 4.38. The van der Waals surface area contributed by atoms with Gasteiger partial charge in [0.05, 0.1) is 5.69 Å². The van der Waals surface area contributed by atoms with Gasteiger partial charge < -0.3 is 5.32 Å². The van der Waals surface area contributed by atoms with Crippen LogP contribution in [-0.4, -0.2) is 26.1 Å². The van der Waals surface area contributed by atoms with Gasteiger partial charge in [0.25, 0.3) is 0 Å². The first-order chi connectivity index (χ1) is 8.68. The molecular formula is C12H18ClN5. The minimum atomic E-state index is 0.715. The fourth-order valence-electron chi connectivity index (χ4n) is 1.89. The van der Waals surface area contributed by atoms with E-state index >= 15 is 0 Å². The number of aryl methyl sites for hydroxylation is 3. The van der Waals surface area contributed by atoms with Crippen molar-refractivity contribution in [1.82, 2.24) is 24.9 Å². The summed E-state index contributed by atoms with van der Waals surface area (Å²) in [5, 5.41) is 12.5. The van der Waals surface area contributed by atoms with Crippen molar-refractivity contribution in [2.24, 2.45) is 7.05 Å². The van der Waals surface area contributed by atoms with Gasteiger partial charge in [-0.2, -0.15) is 10.2 Å². The molecule has 0 aliphatic heterocycles. The molecule has 0 radical (unpaired) electrons. The van der Waals surface area contributed by atoms with E-state index in [2.05, 4.69) is 15.5 Å². The van der Waals surface area contributed by atoms with Crippen molar-refractivity contribution in [2.45, 2.75) is 26.4 Å². The number of hydrogen-bond donors (Lipinski definition) is 1. The average molecular weight is 268 g/mol. The molecule has 2 rings (SSSR count). The molecule has 2 aromatic heterocycles. The van der Waals surface area contributed by atoms with Gasteiger partial charge in [-0.3, -0.25) is 9.36 Å². The lowest BCUT2D eigenvalue weighted by Crippen LogP contribution is -2.17. The zero-order chi connectivity index (χ0) is 13.0. The maximum Gasteiger partial charge on any atom is 0.131 e. The topological polar surface area (TPSA) is 47.7 Å². The molecule has 1 N–H and O–H groups in total. The highest BCUT2D eigenvalue weighted by Crippen LogP contribution is 2.17. The van der Waals surface area contributed by atoms with Crippen molar-refractivity contribution in [2.75, 3.05) is 6.54 Å². The van der Waals surface area contributed by atoms with Gasteiger partial charge in [-0.25, -0.2) is 0 Å². The van der Waals surface area contributed by atoms with Crippen LogP contribution in [0, 0.1) is 6.92 Å². The predicted octanol–water partition coefficient (Wildman–Crippen LogP) is 1.76. The smallest absolute Gasteiger partial charge is 0.131 e. The molecule has 18 heavy (non-hydrogen) atoms. The second kappa shape index (κ2) is 6.02. The molecule has 6 heteroatoms. The van der Waals surface area contributed by atoms with Gasteiger partial charge in [-0.1, -0.05) is 11.6 Å². The molecule has 0 bridgehead atoms. The zero-order valence-electron chi connectivity index (χ0n) is 10.7. The highest BCUT2D eigenvalue weighted by molar-refractivity contribution is 6.30. The number of hydrogen-bond acceptors (Lipinski definition) is 3. The van der Waals surface area contributed by atoms with Gasteiger partial charge in [-0.15, -0.1) is 0 Å². The van der Waals surface area contributed by atoms with E-state index in [1.165, 1.54) is 0 Å². The van der Waals surface area contributed by atoms with E-state index in [0.717, 1.165) is 37.3 Å². The molecule has 2 heterocycles. The Labute approximate surface area is 112 Å². The number of nitrogens with zero attached hydrogens (tertiary/aromatic N) is 4. The number of halogens is 1. The molecule has 0 saturated carbocycles. The Morgan fingerprint density at radius 1 is 1.44 bits per heavy atom. The molecule has 98 valence electrons. The van der Waals surface area contributed by atoms with E-state index < -0.39 is 0 Å². The SMILES string of the molecule is Cc1nn(C)c(Cl)c1CNCCCn1cccn1. The van der Waals surface area contributed by atoms with Crippen LogP contribution in [0.15, 0.2) is 18.5 Å². The van der Waals surface area contributed by atoms with Crippen molar-refractivity contribution in [3.63, 3.8) is 0 Å². The number of nitrogens with one attached hydrogen (secondary N) is 1. The second-order valence-corrected chi connectivity index (χ2v) is 4.64. The van der Waals surface area contributed by atoms with Crippen LogP contribution in [0.3, 0.4) is 0 Å². The van der Waals surface area contributed by atoms with E-state index in [4.69, 9.17) is 11.6 Å². The van der Waals surface area contributed by atoms with Gasteiger partial charge in [-0.05, 0) is 26.0 Å². The summed E-state index contributed by atoms with van der Waals surface area (Å²) in [7, 11) is 1.86. The maximum absolute atomic E-state index is 6.15. The molecule has 5 nitrogen and oxygen atoms in total. The Bertz CT molecular complexity index is 489. The summed E-state index contributed by atoms with van der Waals surface area (Å²) in [6.07, 6.45) is 4.81. The molecule has 0 fully saturated rings. The minimum Gasteiger partial charge on any atom is -0.312 e. The molecule has 0 unspecified atom stereocenters. The Hall–Kier alpha value is -1.33. The summed E-state index contributed by atoms with van der Waals surface area (Å²) in [6.45, 7) is 4.61. The van der Waals surface area contributed by atoms with Crippen LogP contribution in [0.5, 0.6) is 0 Å². The van der Waals surface area contributed by atoms with Crippen molar-refractivity contribution >= 4 is 11.6 Å². The quantitative estimate of drug-likeness (QED) is 0.812. The number of aromatic nitrogens is 4. The third-order valence-corrected chi connectivity index (χ3v) is 3.34. The van der Waals surface area contributed by atoms with Gasteiger partial charge >= 0.3 is 0 Å². The molecule has 2 aromatic rings. The van der Waals surface area contributed by atoms with Crippen LogP contribution < -0.4 is 5.32 Å². The summed E-state index contributed by atoms with van der Waals surface area (Å²) >= 11 is 6.15. The third kappa shape index (κ3) is 3.11. The van der Waals surface area contributed by atoms with Crippen LogP contribution >= 0.6 is 11.6 Å². The highest BCUT2D eigenvalue weighted by atomic mass is 35.5. The van der Waals surface area contributed by atoms with Crippen LogP contribution in [0.25, 0.3) is 0 Å². The lowest BCUT2D eigenvalue weighted by atomic mass is 10.2. The summed E-state index contributed by atoms with van der Waals surface area (Å²) in [5.41, 5.74) is 2.07. The van der Waals surface area contributed by atoms with E-state index in [-0.39, 0.29) is 0 Å². The Morgan fingerprint density at radius 3 is 2.89 bits per heavy atom. The van der Waals surface area contributed by atoms with Crippen LogP contribution in [-0.2, 0) is 20.1 Å². The fraction of sp³-hybridized carbons (Fsp3) is 0.500. The van der Waals surface area contributed by atoms with Gasteiger partial charge in [0, 0.05) is 38.1 Å². The molecule has 0 aliphatic rings. The van der Waals surface area contributed by atoms with Crippen molar-refractivity contribution in [3.8, 4) is 0 Å². The predicted molar refractivity (Wildman–Crippen MR) is 71.5 cm³/mol. The minimum absolute atomic E-state index is 0.715. The van der Waals surface area contributed by atoms with Crippen molar-refractivity contribution in [1.29, 1.82) is 0 Å². The third-order valence-electron chi connectivity index (χ3n) is 2.87. The van der Waals surface area contributed by atoms with E-state index in [0.29, 0.717) is 5.15 Å². The zero-order valence-corrected chi connectivity index (χ0v) is 11.5. The van der Waals surface area contributed by atoms with E-state index in [1.807, 2.05) is 30.9 Å². The van der Waals surface area contributed by atoms with Crippen LogP contribution in [0.4, 0.5) is 0 Å². The summed E-state index contributed by atoms with van der Waals surface area (Å²) in [6, 6.07) is 1.94. The first-order valence-corrected chi connectivity index (χ1v) is 6.42. The van der Waals surface area contributed by atoms with Gasteiger partial charge in [0.2, 0.25) is 0 Å². The van der Waals surface area contributed by atoms with Gasteiger partial charge in [0.15, 0.2) is 0 Å². The summed E-state index contributed by atoms with van der Waals surface area (Å²) < 4.78 is 3.64. The fourth-order valence-corrected chi connectivity index (χ4v) is 2.13. The first kappa shape index (κ1) is 13.1. The molecule has 0 saturated heterocycles. The first-order valence-electron chi connectivity index (χ1n) is 6.04. The molecule has 0 amide bonds. The molecule has 0 aromatic carbocycles. The van der Waals surface area contributed by atoms with Gasteiger partial charge in [0.1, 0.15) is 5.15 Å². The lowest BCUT2D eigenvalue weighted by Gasteiger charge is -2.05. The molecule has 0 spiro atoms. The van der Waals surface area contributed by atoms with Crippen molar-refractivity contribution in [3.05, 3.63) is 34.9 Å². The Morgan fingerprint density at radius 2 is 2.28 bits per heavy atom. The van der Waals surface area contributed by atoms with Crippen LogP contribution in [0.2, 0.25) is 5.15 Å². The van der Waals surface area contributed by atoms with E-state index in [9.17, 15) is 0 Å². The standard InChI is InChI=1S/C12H18ClN5/c1-10-11(12(13)17(2)16-10)9-14-5-3-7-18-8-4-6-15-18/h4,6,8,14H,3,5,7,9H2,1-2H3. The lowest BCUT2D eigenvalue weighted by molar-refractivity contribution is 0.543. The number of rotatable bonds is 6.